The molecule has 0 saturated heterocycles. The largest absolute Gasteiger partial charge is 0.264 e. The van der Waals surface area contributed by atoms with E-state index in [1.165, 1.54) is 5.56 Å². The summed E-state index contributed by atoms with van der Waals surface area (Å²) in [5, 5.41) is 0. The molecule has 0 aliphatic heterocycles. The van der Waals surface area contributed by atoms with Crippen molar-refractivity contribution in [3.8, 4) is 11.3 Å². The fourth-order valence-electron chi connectivity index (χ4n) is 1.31. The van der Waals surface area contributed by atoms with Crippen LogP contribution >= 0.6 is 0 Å². The molecule has 2 nitrogen and oxygen atoms in total. The highest BCUT2D eigenvalue weighted by Crippen LogP contribution is 2.16. The van der Waals surface area contributed by atoms with Crippen LogP contribution in [0.4, 0.5) is 0 Å². The standard InChI is InChI=1S/C12H12N2.CH4/c1-9-5-6-12(14-10(9)2)11-4-3-7-13-8-11;/h3-8H,1-2H3;1H4. The highest BCUT2D eigenvalue weighted by Gasteiger charge is 2.00. The second-order valence-electron chi connectivity index (χ2n) is 3.34. The quantitative estimate of drug-likeness (QED) is 0.705. The molecule has 0 spiro atoms. The Bertz CT molecular complexity index is 436. The van der Waals surface area contributed by atoms with Crippen molar-refractivity contribution in [3.63, 3.8) is 0 Å². The summed E-state index contributed by atoms with van der Waals surface area (Å²) in [5.74, 6) is 0. The van der Waals surface area contributed by atoms with Crippen LogP contribution in [0.1, 0.15) is 18.7 Å². The van der Waals surface area contributed by atoms with Gasteiger partial charge in [0.1, 0.15) is 0 Å². The lowest BCUT2D eigenvalue weighted by Crippen LogP contribution is -1.90. The zero-order valence-electron chi connectivity index (χ0n) is 8.36. The fraction of sp³-hybridized carbons (Fsp3) is 0.231. The van der Waals surface area contributed by atoms with Gasteiger partial charge in [-0.3, -0.25) is 9.97 Å². The van der Waals surface area contributed by atoms with E-state index in [0.717, 1.165) is 17.0 Å². The lowest BCUT2D eigenvalue weighted by atomic mass is 10.1. The molecule has 0 radical (unpaired) electrons. The lowest BCUT2D eigenvalue weighted by Gasteiger charge is -2.03. The average molecular weight is 200 g/mol. The molecule has 0 unspecified atom stereocenters. The first-order valence-corrected chi connectivity index (χ1v) is 4.62. The Balaban J connectivity index is 0.00000112. The monoisotopic (exact) mass is 200 g/mol. The first kappa shape index (κ1) is 11.4. The predicted octanol–water partition coefficient (Wildman–Crippen LogP) is 3.40. The van der Waals surface area contributed by atoms with Crippen LogP contribution in [0.2, 0.25) is 0 Å². The third kappa shape index (κ3) is 2.40. The van der Waals surface area contributed by atoms with Crippen LogP contribution in [0.5, 0.6) is 0 Å². The number of nitrogens with zero attached hydrogens (tertiary/aromatic N) is 2. The molecule has 0 aliphatic carbocycles. The maximum absolute atomic E-state index is 4.50. The van der Waals surface area contributed by atoms with Crippen LogP contribution in [-0.2, 0) is 0 Å². The number of rotatable bonds is 1. The number of pyridine rings is 2. The first-order valence-electron chi connectivity index (χ1n) is 4.62. The summed E-state index contributed by atoms with van der Waals surface area (Å²) >= 11 is 0. The zero-order valence-corrected chi connectivity index (χ0v) is 8.36. The summed E-state index contributed by atoms with van der Waals surface area (Å²) < 4.78 is 0. The van der Waals surface area contributed by atoms with Crippen molar-refractivity contribution in [2.75, 3.05) is 0 Å². The van der Waals surface area contributed by atoms with Gasteiger partial charge < -0.3 is 0 Å². The number of aryl methyl sites for hydroxylation is 2. The summed E-state index contributed by atoms with van der Waals surface area (Å²) in [6.45, 7) is 4.09. The Kier molecular flexibility index (Phi) is 3.56. The van der Waals surface area contributed by atoms with E-state index in [9.17, 15) is 0 Å². The van der Waals surface area contributed by atoms with Gasteiger partial charge in [0.2, 0.25) is 0 Å². The van der Waals surface area contributed by atoms with E-state index in [2.05, 4.69) is 23.0 Å². The Hall–Kier alpha value is -1.70. The fourth-order valence-corrected chi connectivity index (χ4v) is 1.31. The maximum atomic E-state index is 4.50. The van der Waals surface area contributed by atoms with E-state index in [1.54, 1.807) is 6.20 Å². The van der Waals surface area contributed by atoms with Crippen molar-refractivity contribution in [2.45, 2.75) is 21.3 Å². The minimum absolute atomic E-state index is 0. The van der Waals surface area contributed by atoms with Gasteiger partial charge in [0.15, 0.2) is 0 Å². The Labute approximate surface area is 91.0 Å². The second kappa shape index (κ2) is 4.69. The maximum Gasteiger partial charge on any atom is 0.0720 e. The van der Waals surface area contributed by atoms with Crippen molar-refractivity contribution in [1.82, 2.24) is 9.97 Å². The molecule has 0 saturated carbocycles. The molecule has 0 bridgehead atoms. The van der Waals surface area contributed by atoms with Crippen LogP contribution in [0.15, 0.2) is 36.7 Å². The van der Waals surface area contributed by atoms with E-state index in [-0.39, 0.29) is 7.43 Å². The molecule has 0 fully saturated rings. The molecule has 0 N–H and O–H groups in total. The molecule has 0 amide bonds. The van der Waals surface area contributed by atoms with Crippen LogP contribution in [0, 0.1) is 13.8 Å². The number of hydrogen-bond donors (Lipinski definition) is 0. The third-order valence-corrected chi connectivity index (χ3v) is 2.31. The van der Waals surface area contributed by atoms with Crippen molar-refractivity contribution >= 4 is 0 Å². The smallest absolute Gasteiger partial charge is 0.0720 e. The van der Waals surface area contributed by atoms with Crippen molar-refractivity contribution < 1.29 is 0 Å². The summed E-state index contributed by atoms with van der Waals surface area (Å²) in [4.78, 5) is 8.58. The zero-order chi connectivity index (χ0) is 9.97. The van der Waals surface area contributed by atoms with Gasteiger partial charge in [0, 0.05) is 23.7 Å². The molecule has 2 aromatic heterocycles. The van der Waals surface area contributed by atoms with Gasteiger partial charge in [-0.05, 0) is 37.6 Å². The molecule has 0 aromatic carbocycles. The minimum atomic E-state index is 0. The number of aromatic nitrogens is 2. The molecular weight excluding hydrogens is 184 g/mol. The summed E-state index contributed by atoms with van der Waals surface area (Å²) in [7, 11) is 0. The van der Waals surface area contributed by atoms with E-state index in [0.29, 0.717) is 0 Å². The Morgan fingerprint density at radius 1 is 1.07 bits per heavy atom. The molecule has 0 atom stereocenters. The van der Waals surface area contributed by atoms with Crippen molar-refractivity contribution in [3.05, 3.63) is 47.9 Å². The average Bonchev–Trinajstić information content (AvgIpc) is 2.23. The van der Waals surface area contributed by atoms with E-state index in [4.69, 9.17) is 0 Å². The van der Waals surface area contributed by atoms with Gasteiger partial charge in [-0.1, -0.05) is 13.5 Å². The first-order chi connectivity index (χ1) is 6.77. The van der Waals surface area contributed by atoms with E-state index in [1.807, 2.05) is 31.3 Å². The molecule has 2 aromatic rings. The van der Waals surface area contributed by atoms with E-state index >= 15 is 0 Å². The second-order valence-corrected chi connectivity index (χ2v) is 3.34. The Morgan fingerprint density at radius 2 is 1.87 bits per heavy atom. The van der Waals surface area contributed by atoms with Crippen molar-refractivity contribution in [1.29, 1.82) is 0 Å². The molecule has 2 heterocycles. The summed E-state index contributed by atoms with van der Waals surface area (Å²) in [6.07, 6.45) is 3.60. The topological polar surface area (TPSA) is 25.8 Å². The van der Waals surface area contributed by atoms with Crippen molar-refractivity contribution in [2.24, 2.45) is 0 Å². The SMILES string of the molecule is C.Cc1ccc(-c2cccnc2)nc1C. The van der Waals surface area contributed by atoms with Gasteiger partial charge in [-0.25, -0.2) is 0 Å². The number of hydrogen-bond acceptors (Lipinski definition) is 2. The van der Waals surface area contributed by atoms with Gasteiger partial charge in [-0.2, -0.15) is 0 Å². The van der Waals surface area contributed by atoms with Gasteiger partial charge >= 0.3 is 0 Å². The van der Waals surface area contributed by atoms with Crippen LogP contribution in [-0.4, -0.2) is 9.97 Å². The van der Waals surface area contributed by atoms with Gasteiger partial charge in [0.25, 0.3) is 0 Å². The molecule has 15 heavy (non-hydrogen) atoms. The molecule has 78 valence electrons. The normalized spacial score (nSPS) is 9.47. The predicted molar refractivity (Wildman–Crippen MR) is 63.7 cm³/mol. The van der Waals surface area contributed by atoms with Gasteiger partial charge in [-0.15, -0.1) is 0 Å². The van der Waals surface area contributed by atoms with Crippen LogP contribution in [0.25, 0.3) is 11.3 Å². The van der Waals surface area contributed by atoms with Crippen LogP contribution in [0.3, 0.4) is 0 Å². The van der Waals surface area contributed by atoms with Gasteiger partial charge in [0.05, 0.1) is 5.69 Å². The molecule has 2 rings (SSSR count). The Morgan fingerprint density at radius 3 is 2.47 bits per heavy atom. The third-order valence-electron chi connectivity index (χ3n) is 2.31. The molecule has 0 aliphatic rings. The molecule has 2 heteroatoms. The van der Waals surface area contributed by atoms with Crippen LogP contribution < -0.4 is 0 Å². The molecular formula is C13H16N2. The summed E-state index contributed by atoms with van der Waals surface area (Å²) in [5.41, 5.74) is 4.35. The summed E-state index contributed by atoms with van der Waals surface area (Å²) in [6, 6.07) is 8.06. The minimum Gasteiger partial charge on any atom is -0.264 e. The lowest BCUT2D eigenvalue weighted by molar-refractivity contribution is 1.15. The highest BCUT2D eigenvalue weighted by molar-refractivity contribution is 5.58. The highest BCUT2D eigenvalue weighted by atomic mass is 14.7. The van der Waals surface area contributed by atoms with E-state index < -0.39 is 0 Å².